The van der Waals surface area contributed by atoms with E-state index in [9.17, 15) is 14.4 Å². The molecule has 1 rings (SSSR count). The van der Waals surface area contributed by atoms with E-state index in [0.717, 1.165) is 25.7 Å². The summed E-state index contributed by atoms with van der Waals surface area (Å²) in [5, 5.41) is 51.2. The van der Waals surface area contributed by atoms with E-state index in [2.05, 4.69) is 13.8 Å². The third-order valence-electron chi connectivity index (χ3n) is 7.77. The van der Waals surface area contributed by atoms with Gasteiger partial charge in [-0.3, -0.25) is 9.59 Å². The van der Waals surface area contributed by atoms with E-state index in [1.54, 1.807) is 30.3 Å². The van der Waals surface area contributed by atoms with E-state index in [0.29, 0.717) is 24.8 Å². The molecule has 0 aliphatic rings. The Hall–Kier alpha value is -2.49. The highest BCUT2D eigenvalue weighted by Crippen LogP contribution is 2.18. The van der Waals surface area contributed by atoms with Crippen LogP contribution in [-0.4, -0.2) is 68.4 Å². The van der Waals surface area contributed by atoms with Crippen molar-refractivity contribution in [3.8, 4) is 0 Å². The van der Waals surface area contributed by atoms with Crippen LogP contribution in [0.5, 0.6) is 0 Å². The molecule has 0 aliphatic heterocycles. The molecule has 0 heterocycles. The lowest BCUT2D eigenvalue weighted by atomic mass is 9.88. The van der Waals surface area contributed by atoms with Crippen LogP contribution in [0.2, 0.25) is 0 Å². The van der Waals surface area contributed by atoms with Gasteiger partial charge in [0.2, 0.25) is 0 Å². The largest absolute Gasteiger partial charge is 0.481 e. The first-order valence-corrected chi connectivity index (χ1v) is 17.6. The summed E-state index contributed by atoms with van der Waals surface area (Å²) in [6.45, 7) is 5.81. The SMILES string of the molecule is CCC(CO)(CO)CO.CCCCCCCCCCCC(=O)O.CCCCCCCCCCCC(=O)O.O=C(O)c1ccccc1. The molecule has 0 amide bonds. The molecule has 1 aromatic rings. The fourth-order valence-corrected chi connectivity index (χ4v) is 4.24. The van der Waals surface area contributed by atoms with Gasteiger partial charge in [0.1, 0.15) is 0 Å². The Kier molecular flexibility index (Phi) is 38.5. The van der Waals surface area contributed by atoms with Gasteiger partial charge in [0.05, 0.1) is 25.4 Å². The second-order valence-electron chi connectivity index (χ2n) is 11.9. The van der Waals surface area contributed by atoms with E-state index in [4.69, 9.17) is 30.6 Å². The van der Waals surface area contributed by atoms with Crippen LogP contribution >= 0.6 is 0 Å². The molecule has 0 saturated heterocycles. The summed E-state index contributed by atoms with van der Waals surface area (Å²) in [4.78, 5) is 30.6. The molecule has 0 bridgehead atoms. The summed E-state index contributed by atoms with van der Waals surface area (Å²) in [7, 11) is 0. The van der Waals surface area contributed by atoms with Crippen molar-refractivity contribution in [1.29, 1.82) is 0 Å². The summed E-state index contributed by atoms with van der Waals surface area (Å²) in [6, 6.07) is 8.30. The molecule has 270 valence electrons. The van der Waals surface area contributed by atoms with Crippen molar-refractivity contribution in [2.45, 2.75) is 156 Å². The van der Waals surface area contributed by atoms with Crippen molar-refractivity contribution in [2.75, 3.05) is 19.8 Å². The second kappa shape index (κ2) is 37.0. The molecule has 9 heteroatoms. The van der Waals surface area contributed by atoms with Gasteiger partial charge in [-0.05, 0) is 31.4 Å². The molecule has 0 aliphatic carbocycles. The molecular weight excluding hydrogens is 588 g/mol. The van der Waals surface area contributed by atoms with Crippen LogP contribution in [0.4, 0.5) is 0 Å². The van der Waals surface area contributed by atoms with Crippen molar-refractivity contribution in [1.82, 2.24) is 0 Å². The molecule has 1 aromatic carbocycles. The molecule has 9 nitrogen and oxygen atoms in total. The first-order chi connectivity index (χ1) is 22.1. The summed E-state index contributed by atoms with van der Waals surface area (Å²) >= 11 is 0. The zero-order chi connectivity index (χ0) is 35.3. The lowest BCUT2D eigenvalue weighted by molar-refractivity contribution is -0.138. The molecule has 6 N–H and O–H groups in total. The number of aromatic carboxylic acids is 1. The van der Waals surface area contributed by atoms with Gasteiger partial charge in [-0.15, -0.1) is 0 Å². The first kappa shape index (κ1) is 47.9. The number of unbranched alkanes of at least 4 members (excludes halogenated alkanes) is 16. The highest BCUT2D eigenvalue weighted by atomic mass is 16.4. The Morgan fingerprint density at radius 2 is 0.804 bits per heavy atom. The highest BCUT2D eigenvalue weighted by molar-refractivity contribution is 5.87. The van der Waals surface area contributed by atoms with Crippen LogP contribution in [-0.2, 0) is 9.59 Å². The van der Waals surface area contributed by atoms with Gasteiger partial charge in [-0.1, -0.05) is 142 Å². The van der Waals surface area contributed by atoms with Crippen molar-refractivity contribution in [3.63, 3.8) is 0 Å². The van der Waals surface area contributed by atoms with E-state index >= 15 is 0 Å². The lowest BCUT2D eigenvalue weighted by Crippen LogP contribution is -2.32. The number of aliphatic carboxylic acids is 2. The number of hydrogen-bond donors (Lipinski definition) is 6. The molecule has 0 radical (unpaired) electrons. The molecule has 0 spiro atoms. The molecule has 0 aromatic heterocycles. The van der Waals surface area contributed by atoms with E-state index in [-0.39, 0.29) is 19.8 Å². The van der Waals surface area contributed by atoms with E-state index < -0.39 is 23.3 Å². The molecule has 0 fully saturated rings. The molecule has 0 unspecified atom stereocenters. The summed E-state index contributed by atoms with van der Waals surface area (Å²) in [5.41, 5.74) is -0.336. The van der Waals surface area contributed by atoms with Crippen molar-refractivity contribution in [3.05, 3.63) is 35.9 Å². The third-order valence-corrected chi connectivity index (χ3v) is 7.77. The average Bonchev–Trinajstić information content (AvgIpc) is 3.05. The molecule has 0 saturated carbocycles. The monoisotopic (exact) mass is 656 g/mol. The minimum absolute atomic E-state index is 0.156. The van der Waals surface area contributed by atoms with Crippen molar-refractivity contribution in [2.24, 2.45) is 5.41 Å². The van der Waals surface area contributed by atoms with Gasteiger partial charge in [-0.2, -0.15) is 0 Å². The van der Waals surface area contributed by atoms with E-state index in [1.807, 2.05) is 6.92 Å². The predicted molar refractivity (Wildman–Crippen MR) is 186 cm³/mol. The molecule has 46 heavy (non-hydrogen) atoms. The van der Waals surface area contributed by atoms with Gasteiger partial charge in [-0.25, -0.2) is 4.79 Å². The van der Waals surface area contributed by atoms with Gasteiger partial charge in [0.15, 0.2) is 0 Å². The summed E-state index contributed by atoms with van der Waals surface area (Å²) in [6.07, 6.45) is 23.6. The predicted octanol–water partition coefficient (Wildman–Crippen LogP) is 8.73. The van der Waals surface area contributed by atoms with Crippen molar-refractivity contribution < 1.29 is 45.0 Å². The van der Waals surface area contributed by atoms with Gasteiger partial charge >= 0.3 is 17.9 Å². The fourth-order valence-electron chi connectivity index (χ4n) is 4.24. The zero-order valence-corrected chi connectivity index (χ0v) is 29.3. The van der Waals surface area contributed by atoms with Crippen LogP contribution in [0.25, 0.3) is 0 Å². The first-order valence-electron chi connectivity index (χ1n) is 17.6. The maximum atomic E-state index is 10.2. The smallest absolute Gasteiger partial charge is 0.335 e. The second-order valence-corrected chi connectivity index (χ2v) is 11.9. The molecule has 0 atom stereocenters. The van der Waals surface area contributed by atoms with Crippen LogP contribution in [0.3, 0.4) is 0 Å². The van der Waals surface area contributed by atoms with Gasteiger partial charge in [0.25, 0.3) is 0 Å². The normalized spacial score (nSPS) is 10.4. The maximum absolute atomic E-state index is 10.2. The fraction of sp³-hybridized carbons (Fsp3) is 0.757. The third kappa shape index (κ3) is 36.0. The van der Waals surface area contributed by atoms with Crippen molar-refractivity contribution >= 4 is 17.9 Å². The Bertz CT molecular complexity index is 746. The number of aliphatic hydroxyl groups is 3. The average molecular weight is 657 g/mol. The Morgan fingerprint density at radius 3 is 1.00 bits per heavy atom. The number of carboxylic acid groups (broad SMARTS) is 3. The quantitative estimate of drug-likeness (QED) is 0.0563. The van der Waals surface area contributed by atoms with E-state index in [1.165, 1.54) is 89.9 Å². The van der Waals surface area contributed by atoms with Crippen LogP contribution in [0.15, 0.2) is 30.3 Å². The van der Waals surface area contributed by atoms with Gasteiger partial charge in [0, 0.05) is 18.3 Å². The maximum Gasteiger partial charge on any atom is 0.335 e. The topological polar surface area (TPSA) is 173 Å². The number of rotatable bonds is 25. The minimum atomic E-state index is -0.879. The number of benzene rings is 1. The number of carbonyl (C=O) groups is 3. The van der Waals surface area contributed by atoms with Crippen LogP contribution in [0.1, 0.15) is 166 Å². The Morgan fingerprint density at radius 1 is 0.500 bits per heavy atom. The van der Waals surface area contributed by atoms with Crippen LogP contribution < -0.4 is 0 Å². The number of aliphatic hydroxyl groups excluding tert-OH is 3. The highest BCUT2D eigenvalue weighted by Gasteiger charge is 2.24. The number of hydrogen-bond acceptors (Lipinski definition) is 6. The minimum Gasteiger partial charge on any atom is -0.481 e. The zero-order valence-electron chi connectivity index (χ0n) is 29.3. The summed E-state index contributed by atoms with van der Waals surface area (Å²) < 4.78 is 0. The standard InChI is InChI=1S/2C12H24O2.C7H6O2.C6H14O3/c2*1-2-3-4-5-6-7-8-9-10-11-12(13)14;8-7(9)6-4-2-1-3-5-6;1-2-6(3-7,4-8)5-9/h2*2-11H2,1H3,(H,13,14);1-5H,(H,8,9);7-9H,2-5H2,1H3. The Labute approximate surface area is 279 Å². The lowest BCUT2D eigenvalue weighted by Gasteiger charge is -2.24. The molecular formula is C37H68O9. The number of carboxylic acids is 3. The summed E-state index contributed by atoms with van der Waals surface area (Å²) in [5.74, 6) is -2.20. The van der Waals surface area contributed by atoms with Gasteiger partial charge < -0.3 is 30.6 Å². The van der Waals surface area contributed by atoms with Crippen LogP contribution in [0, 0.1) is 5.41 Å². The Balaban J connectivity index is -0.000000547.